The van der Waals surface area contributed by atoms with Gasteiger partial charge in [0, 0.05) is 27.2 Å². The van der Waals surface area contributed by atoms with Crippen LogP contribution in [0.2, 0.25) is 0 Å². The normalized spacial score (nSPS) is 23.9. The fourth-order valence-electron chi connectivity index (χ4n) is 6.23. The van der Waals surface area contributed by atoms with Gasteiger partial charge in [0.25, 0.3) is 0 Å². The Morgan fingerprint density at radius 3 is 2.51 bits per heavy atom. The van der Waals surface area contributed by atoms with Crippen LogP contribution in [0.25, 0.3) is 11.3 Å². The zero-order valence-electron chi connectivity index (χ0n) is 22.7. The van der Waals surface area contributed by atoms with Crippen LogP contribution in [0, 0.1) is 11.8 Å². The average molecular weight is 588 g/mol. The molecule has 3 saturated carbocycles. The summed E-state index contributed by atoms with van der Waals surface area (Å²) in [5.74, 6) is 1.29. The number of carbonyl (C=O) groups is 1. The zero-order valence-corrected chi connectivity index (χ0v) is 23.5. The molecule has 0 amide bonds. The van der Waals surface area contributed by atoms with Gasteiger partial charge in [-0.15, -0.1) is 24.9 Å². The minimum Gasteiger partial charge on any atom is -0.462 e. The first kappa shape index (κ1) is 28.2. The molecule has 3 fully saturated rings. The average Bonchev–Trinajstić information content (AvgIpc) is 3.66. The second-order valence-corrected chi connectivity index (χ2v) is 12.3. The molecule has 3 aliphatic rings. The summed E-state index contributed by atoms with van der Waals surface area (Å²) < 4.78 is 60.9. The number of esters is 1. The van der Waals surface area contributed by atoms with Gasteiger partial charge >= 0.3 is 12.3 Å². The van der Waals surface area contributed by atoms with Gasteiger partial charge in [-0.1, -0.05) is 23.4 Å². The molecule has 2 aromatic carbocycles. The van der Waals surface area contributed by atoms with Crippen molar-refractivity contribution in [3.05, 3.63) is 65.4 Å². The molecule has 218 valence electrons. The van der Waals surface area contributed by atoms with Crippen LogP contribution in [0.15, 0.2) is 57.9 Å². The number of thioether (sulfide) groups is 1. The van der Waals surface area contributed by atoms with Gasteiger partial charge < -0.3 is 18.7 Å². The molecule has 2 unspecified atom stereocenters. The highest BCUT2D eigenvalue weighted by Crippen LogP contribution is 2.51. The molecule has 2 atom stereocenters. The molecule has 0 N–H and O–H groups in total. The van der Waals surface area contributed by atoms with Crippen molar-refractivity contribution in [1.29, 1.82) is 0 Å². The second-order valence-electron chi connectivity index (χ2n) is 11.0. The van der Waals surface area contributed by atoms with E-state index in [2.05, 4.69) is 9.89 Å². The molecule has 2 bridgehead atoms. The predicted molar refractivity (Wildman–Crippen MR) is 147 cm³/mol. The number of aromatic nitrogens is 1. The van der Waals surface area contributed by atoms with Crippen LogP contribution in [0.1, 0.15) is 73.0 Å². The number of para-hydroxylation sites is 1. The number of hydrogen-bond acceptors (Lipinski definition) is 7. The summed E-state index contributed by atoms with van der Waals surface area (Å²) in [4.78, 5) is 13.3. The minimum atomic E-state index is -4.81. The number of hydrogen-bond donors (Lipinski definition) is 0. The summed E-state index contributed by atoms with van der Waals surface area (Å²) in [7, 11) is 0. The Morgan fingerprint density at radius 1 is 1.05 bits per heavy atom. The van der Waals surface area contributed by atoms with Crippen molar-refractivity contribution < 1.29 is 36.7 Å². The Hall–Kier alpha value is -2.98. The van der Waals surface area contributed by atoms with E-state index in [1.54, 1.807) is 25.1 Å². The van der Waals surface area contributed by atoms with E-state index in [1.165, 1.54) is 12.1 Å². The first-order chi connectivity index (χ1) is 19.8. The monoisotopic (exact) mass is 587 g/mol. The van der Waals surface area contributed by atoms with E-state index in [0.29, 0.717) is 46.3 Å². The number of rotatable bonds is 10. The van der Waals surface area contributed by atoms with Gasteiger partial charge in [-0.25, -0.2) is 4.79 Å². The standard InChI is InChI=1S/C31H32F3NO5S/c1-2-37-30(36)21-6-5-7-23(16-21)41-29-19-12-13-20(29)15-22(14-19)38-17-25-27(35-40-28(25)18-10-11-18)24-8-3-4-9-26(24)39-31(32,33)34/h3-9,16,18-20,22,29H,2,10-15,17H2,1H3. The van der Waals surface area contributed by atoms with Crippen LogP contribution in [-0.4, -0.2) is 35.4 Å². The molecular weight excluding hydrogens is 555 g/mol. The molecule has 0 radical (unpaired) electrons. The van der Waals surface area contributed by atoms with Crippen LogP contribution in [0.3, 0.4) is 0 Å². The fourth-order valence-corrected chi connectivity index (χ4v) is 7.78. The van der Waals surface area contributed by atoms with E-state index in [0.717, 1.165) is 43.4 Å². The molecule has 3 aliphatic carbocycles. The summed E-state index contributed by atoms with van der Waals surface area (Å²) in [6.45, 7) is 2.37. The molecule has 3 aromatic rings. The van der Waals surface area contributed by atoms with Gasteiger partial charge in [0.15, 0.2) is 0 Å². The van der Waals surface area contributed by atoms with Crippen molar-refractivity contribution >= 4 is 17.7 Å². The number of carbonyl (C=O) groups excluding carboxylic acids is 1. The molecule has 10 heteroatoms. The lowest BCUT2D eigenvalue weighted by atomic mass is 9.86. The summed E-state index contributed by atoms with van der Waals surface area (Å²) in [5, 5.41) is 4.65. The maximum atomic E-state index is 13.1. The molecule has 0 spiro atoms. The Morgan fingerprint density at radius 2 is 1.80 bits per heavy atom. The maximum absolute atomic E-state index is 13.1. The van der Waals surface area contributed by atoms with Gasteiger partial charge in [0.1, 0.15) is 17.2 Å². The van der Waals surface area contributed by atoms with Crippen molar-refractivity contribution in [3.63, 3.8) is 0 Å². The second kappa shape index (κ2) is 11.7. The third-order valence-corrected chi connectivity index (χ3v) is 9.75. The van der Waals surface area contributed by atoms with Gasteiger partial charge in [-0.2, -0.15) is 0 Å². The lowest BCUT2D eigenvalue weighted by Crippen LogP contribution is -2.32. The van der Waals surface area contributed by atoms with Gasteiger partial charge in [0.05, 0.1) is 24.9 Å². The minimum absolute atomic E-state index is 0.0479. The maximum Gasteiger partial charge on any atom is 0.573 e. The topological polar surface area (TPSA) is 70.8 Å². The largest absolute Gasteiger partial charge is 0.573 e. The SMILES string of the molecule is CCOC(=O)c1cccc(SC2C3CCC2CC(OCc2c(-c4ccccc4OC(F)(F)F)noc2C2CC2)C3)c1. The van der Waals surface area contributed by atoms with Crippen LogP contribution in [0.5, 0.6) is 5.75 Å². The number of halogens is 3. The molecule has 6 rings (SSSR count). The van der Waals surface area contributed by atoms with Crippen molar-refractivity contribution in [2.75, 3.05) is 6.61 Å². The van der Waals surface area contributed by atoms with Crippen LogP contribution in [0.4, 0.5) is 13.2 Å². The Labute approximate surface area is 240 Å². The zero-order chi connectivity index (χ0) is 28.6. The van der Waals surface area contributed by atoms with Crippen LogP contribution in [-0.2, 0) is 16.1 Å². The Bertz CT molecular complexity index is 1370. The molecular formula is C31H32F3NO5S. The summed E-state index contributed by atoms with van der Waals surface area (Å²) >= 11 is 1.84. The van der Waals surface area contributed by atoms with Gasteiger partial charge in [-0.3, -0.25) is 0 Å². The Balaban J connectivity index is 1.14. The first-order valence-electron chi connectivity index (χ1n) is 14.2. The number of alkyl halides is 3. The van der Waals surface area contributed by atoms with Gasteiger partial charge in [-0.05, 0) is 87.6 Å². The van der Waals surface area contributed by atoms with E-state index in [9.17, 15) is 18.0 Å². The highest BCUT2D eigenvalue weighted by molar-refractivity contribution is 8.00. The first-order valence-corrected chi connectivity index (χ1v) is 15.1. The molecule has 41 heavy (non-hydrogen) atoms. The molecule has 1 heterocycles. The summed E-state index contributed by atoms with van der Waals surface area (Å²) in [6, 6.07) is 13.7. The van der Waals surface area contributed by atoms with E-state index >= 15 is 0 Å². The van der Waals surface area contributed by atoms with Crippen molar-refractivity contribution in [2.45, 2.75) is 80.6 Å². The van der Waals surface area contributed by atoms with Crippen LogP contribution >= 0.6 is 11.8 Å². The number of ether oxygens (including phenoxy) is 3. The lowest BCUT2D eigenvalue weighted by Gasteiger charge is -2.35. The van der Waals surface area contributed by atoms with E-state index in [4.69, 9.17) is 14.0 Å². The molecule has 6 nitrogen and oxygen atoms in total. The third-order valence-electron chi connectivity index (χ3n) is 8.18. The van der Waals surface area contributed by atoms with E-state index in [-0.39, 0.29) is 35.9 Å². The highest BCUT2D eigenvalue weighted by atomic mass is 32.2. The van der Waals surface area contributed by atoms with Gasteiger partial charge in [0.2, 0.25) is 0 Å². The fraction of sp³-hybridized carbons (Fsp3) is 0.484. The lowest BCUT2D eigenvalue weighted by molar-refractivity contribution is -0.274. The number of benzene rings is 2. The molecule has 0 saturated heterocycles. The number of nitrogens with zero attached hydrogens (tertiary/aromatic N) is 1. The third kappa shape index (κ3) is 6.43. The quantitative estimate of drug-likeness (QED) is 0.222. The Kier molecular flexibility index (Phi) is 8.05. The number of fused-ring (bicyclic) bond motifs is 2. The molecule has 0 aliphatic heterocycles. The van der Waals surface area contributed by atoms with E-state index in [1.807, 2.05) is 30.0 Å². The van der Waals surface area contributed by atoms with E-state index < -0.39 is 6.36 Å². The predicted octanol–water partition coefficient (Wildman–Crippen LogP) is 8.16. The summed E-state index contributed by atoms with van der Waals surface area (Å²) in [5.41, 5.74) is 1.87. The highest BCUT2D eigenvalue weighted by Gasteiger charge is 2.44. The van der Waals surface area contributed by atoms with Crippen molar-refractivity contribution in [2.24, 2.45) is 11.8 Å². The summed E-state index contributed by atoms with van der Waals surface area (Å²) in [6.07, 6.45) is 1.26. The molecule has 1 aromatic heterocycles. The van der Waals surface area contributed by atoms with Crippen molar-refractivity contribution in [3.8, 4) is 17.0 Å². The van der Waals surface area contributed by atoms with Crippen LogP contribution < -0.4 is 4.74 Å². The van der Waals surface area contributed by atoms with Crippen molar-refractivity contribution in [1.82, 2.24) is 5.16 Å². The smallest absolute Gasteiger partial charge is 0.462 e.